The molecule has 4 heteroatoms. The molecule has 0 spiro atoms. The number of benzene rings is 1. The van der Waals surface area contributed by atoms with E-state index in [0.29, 0.717) is 0 Å². The van der Waals surface area contributed by atoms with Gasteiger partial charge in [0.15, 0.2) is 0 Å². The molecule has 0 heterocycles. The predicted molar refractivity (Wildman–Crippen MR) is 69.1 cm³/mol. The fourth-order valence-electron chi connectivity index (χ4n) is 1.15. The van der Waals surface area contributed by atoms with E-state index in [1.807, 2.05) is 20.8 Å². The first kappa shape index (κ1) is 13.6. The highest BCUT2D eigenvalue weighted by molar-refractivity contribution is 8.03. The van der Waals surface area contributed by atoms with Gasteiger partial charge in [-0.2, -0.15) is 0 Å². The first-order valence-electron chi connectivity index (χ1n) is 5.21. The Morgan fingerprint density at radius 2 is 1.76 bits per heavy atom. The molecule has 0 atom stereocenters. The number of hydrogen-bond acceptors (Lipinski definition) is 3. The van der Waals surface area contributed by atoms with Gasteiger partial charge in [-0.05, 0) is 29.7 Å². The number of aliphatic carboxylic acids is 1. The summed E-state index contributed by atoms with van der Waals surface area (Å²) in [4.78, 5) is 12.5. The molecule has 0 radical (unpaired) electrons. The van der Waals surface area contributed by atoms with Crippen LogP contribution in [0.2, 0.25) is 0 Å². The zero-order valence-electron chi connectivity index (χ0n) is 10.1. The van der Waals surface area contributed by atoms with E-state index in [1.165, 1.54) is 17.8 Å². The molecule has 2 N–H and O–H groups in total. The molecule has 92 valence electrons. The number of carbonyl (C=O) groups is 1. The van der Waals surface area contributed by atoms with Crippen LogP contribution in [0.3, 0.4) is 0 Å². The van der Waals surface area contributed by atoms with E-state index in [9.17, 15) is 9.90 Å². The normalized spacial score (nSPS) is 12.5. The summed E-state index contributed by atoms with van der Waals surface area (Å²) in [6.45, 7) is 5.90. The SMILES string of the molecule is CC(C)(C)C(=CC(=O)O)Sc1ccc(O)cc1. The number of thioether (sulfide) groups is 1. The summed E-state index contributed by atoms with van der Waals surface area (Å²) in [6.07, 6.45) is 1.23. The van der Waals surface area contributed by atoms with Gasteiger partial charge in [0.25, 0.3) is 0 Å². The van der Waals surface area contributed by atoms with E-state index in [-0.39, 0.29) is 11.2 Å². The Labute approximate surface area is 105 Å². The Balaban J connectivity index is 2.95. The number of phenolic OH excluding ortho intramolecular Hbond substituents is 1. The number of carboxylic acid groups (broad SMARTS) is 1. The first-order valence-corrected chi connectivity index (χ1v) is 6.02. The maximum Gasteiger partial charge on any atom is 0.329 e. The maximum absolute atomic E-state index is 10.8. The van der Waals surface area contributed by atoms with Gasteiger partial charge >= 0.3 is 5.97 Å². The maximum atomic E-state index is 10.8. The van der Waals surface area contributed by atoms with E-state index in [2.05, 4.69) is 0 Å². The Morgan fingerprint density at radius 1 is 1.24 bits per heavy atom. The lowest BCUT2D eigenvalue weighted by atomic mass is 9.96. The summed E-state index contributed by atoms with van der Waals surface area (Å²) < 4.78 is 0. The van der Waals surface area contributed by atoms with Crippen molar-refractivity contribution in [3.05, 3.63) is 35.2 Å². The average molecular weight is 252 g/mol. The van der Waals surface area contributed by atoms with Crippen molar-refractivity contribution in [2.24, 2.45) is 5.41 Å². The molecule has 0 saturated heterocycles. The summed E-state index contributed by atoms with van der Waals surface area (Å²) in [6, 6.07) is 6.70. The highest BCUT2D eigenvalue weighted by Gasteiger charge is 2.19. The molecule has 17 heavy (non-hydrogen) atoms. The van der Waals surface area contributed by atoms with Gasteiger partial charge in [-0.15, -0.1) is 0 Å². The molecule has 3 nitrogen and oxygen atoms in total. The molecule has 1 rings (SSSR count). The van der Waals surface area contributed by atoms with Crippen LogP contribution >= 0.6 is 11.8 Å². The van der Waals surface area contributed by atoms with Crippen LogP contribution in [0.15, 0.2) is 40.1 Å². The van der Waals surface area contributed by atoms with E-state index in [1.54, 1.807) is 24.3 Å². The zero-order valence-corrected chi connectivity index (χ0v) is 10.9. The van der Waals surface area contributed by atoms with Crippen LogP contribution in [-0.4, -0.2) is 16.2 Å². The minimum atomic E-state index is -0.943. The molecule has 0 aliphatic rings. The number of aromatic hydroxyl groups is 1. The van der Waals surface area contributed by atoms with Crippen LogP contribution in [-0.2, 0) is 4.79 Å². The van der Waals surface area contributed by atoms with Crippen LogP contribution in [0.1, 0.15) is 20.8 Å². The molecule has 0 fully saturated rings. The second-order valence-corrected chi connectivity index (χ2v) is 5.81. The summed E-state index contributed by atoms with van der Waals surface area (Å²) in [5, 5.41) is 18.0. The van der Waals surface area contributed by atoms with Crippen molar-refractivity contribution in [1.29, 1.82) is 0 Å². The number of phenols is 1. The van der Waals surface area contributed by atoms with E-state index in [4.69, 9.17) is 5.11 Å². The lowest BCUT2D eigenvalue weighted by Gasteiger charge is -2.21. The number of rotatable bonds is 3. The monoisotopic (exact) mass is 252 g/mol. The lowest BCUT2D eigenvalue weighted by Crippen LogP contribution is -2.08. The van der Waals surface area contributed by atoms with Gasteiger partial charge in [-0.25, -0.2) is 4.79 Å². The van der Waals surface area contributed by atoms with E-state index in [0.717, 1.165) is 9.80 Å². The molecule has 0 aliphatic carbocycles. The van der Waals surface area contributed by atoms with Crippen molar-refractivity contribution in [3.63, 3.8) is 0 Å². The van der Waals surface area contributed by atoms with Gasteiger partial charge in [-0.1, -0.05) is 32.5 Å². The van der Waals surface area contributed by atoms with Crippen LogP contribution in [0.25, 0.3) is 0 Å². The number of allylic oxidation sites excluding steroid dienone is 1. The smallest absolute Gasteiger partial charge is 0.329 e. The second-order valence-electron chi connectivity index (χ2n) is 4.69. The summed E-state index contributed by atoms with van der Waals surface area (Å²) >= 11 is 1.40. The summed E-state index contributed by atoms with van der Waals surface area (Å²) in [5.74, 6) is -0.741. The van der Waals surface area contributed by atoms with Crippen molar-refractivity contribution in [2.45, 2.75) is 25.7 Å². The fourth-order valence-corrected chi connectivity index (χ4v) is 2.14. The molecular formula is C13H16O3S. The second kappa shape index (κ2) is 5.27. The van der Waals surface area contributed by atoms with Gasteiger partial charge in [0, 0.05) is 15.9 Å². The predicted octanol–water partition coefficient (Wildman–Crippen LogP) is 3.50. The molecule has 1 aromatic rings. The molecule has 0 aliphatic heterocycles. The molecule has 0 amide bonds. The summed E-state index contributed by atoms with van der Waals surface area (Å²) in [5.41, 5.74) is -0.221. The Morgan fingerprint density at radius 3 is 2.18 bits per heavy atom. The molecule has 0 bridgehead atoms. The molecule has 0 aromatic heterocycles. The van der Waals surface area contributed by atoms with E-state index >= 15 is 0 Å². The van der Waals surface area contributed by atoms with Gasteiger partial charge in [0.1, 0.15) is 5.75 Å². The molecule has 0 unspecified atom stereocenters. The third kappa shape index (κ3) is 4.53. The van der Waals surface area contributed by atoms with Gasteiger partial charge in [0.05, 0.1) is 0 Å². The lowest BCUT2D eigenvalue weighted by molar-refractivity contribution is -0.131. The third-order valence-electron chi connectivity index (χ3n) is 2.06. The minimum Gasteiger partial charge on any atom is -0.508 e. The minimum absolute atomic E-state index is 0.203. The Bertz CT molecular complexity index is 427. The average Bonchev–Trinajstić information content (AvgIpc) is 2.18. The van der Waals surface area contributed by atoms with Crippen molar-refractivity contribution in [2.75, 3.05) is 0 Å². The van der Waals surface area contributed by atoms with Crippen LogP contribution in [0, 0.1) is 5.41 Å². The van der Waals surface area contributed by atoms with Gasteiger partial charge in [-0.3, -0.25) is 0 Å². The summed E-state index contributed by atoms with van der Waals surface area (Å²) in [7, 11) is 0. The quantitative estimate of drug-likeness (QED) is 0.638. The fraction of sp³-hybridized carbons (Fsp3) is 0.308. The highest BCUT2D eigenvalue weighted by Crippen LogP contribution is 2.39. The zero-order chi connectivity index (χ0) is 13.1. The molecular weight excluding hydrogens is 236 g/mol. The topological polar surface area (TPSA) is 57.5 Å². The number of carboxylic acids is 1. The Hall–Kier alpha value is -1.42. The number of hydrogen-bond donors (Lipinski definition) is 2. The van der Waals surface area contributed by atoms with Crippen molar-refractivity contribution < 1.29 is 15.0 Å². The molecule has 0 saturated carbocycles. The largest absolute Gasteiger partial charge is 0.508 e. The Kier molecular flexibility index (Phi) is 4.23. The van der Waals surface area contributed by atoms with Crippen LogP contribution < -0.4 is 0 Å². The van der Waals surface area contributed by atoms with Crippen molar-refractivity contribution in [3.8, 4) is 5.75 Å². The van der Waals surface area contributed by atoms with Crippen molar-refractivity contribution >= 4 is 17.7 Å². The highest BCUT2D eigenvalue weighted by atomic mass is 32.2. The standard InChI is InChI=1S/C13H16O3S/c1-13(2,3)11(8-12(15)16)17-10-6-4-9(14)5-7-10/h4-8,14H,1-3H3,(H,15,16). The van der Waals surface area contributed by atoms with Gasteiger partial charge in [0.2, 0.25) is 0 Å². The molecule has 1 aromatic carbocycles. The van der Waals surface area contributed by atoms with E-state index < -0.39 is 5.97 Å². The third-order valence-corrected chi connectivity index (χ3v) is 3.52. The van der Waals surface area contributed by atoms with Crippen molar-refractivity contribution in [1.82, 2.24) is 0 Å². The van der Waals surface area contributed by atoms with Crippen LogP contribution in [0.4, 0.5) is 0 Å². The van der Waals surface area contributed by atoms with Gasteiger partial charge < -0.3 is 10.2 Å². The van der Waals surface area contributed by atoms with Crippen LogP contribution in [0.5, 0.6) is 5.75 Å². The first-order chi connectivity index (χ1) is 7.79.